The molecule has 4 fully saturated rings. The molecule has 83 heavy (non-hydrogen) atoms. The van der Waals surface area contributed by atoms with E-state index in [0.717, 1.165) is 89.1 Å². The number of carbonyl (C=O) groups is 4. The number of aromatic amines is 2. The van der Waals surface area contributed by atoms with Crippen LogP contribution in [0.5, 0.6) is 0 Å². The Bertz CT molecular complexity index is 3110. The normalized spacial score (nSPS) is 16.3. The Kier molecular flexibility index (Phi) is 22.1. The summed E-state index contributed by atoms with van der Waals surface area (Å²) in [6, 6.07) is 8.20. The number of nitrogens with zero attached hydrogens (tertiary/aromatic N) is 8. The number of halogens is 12. The second-order valence-corrected chi connectivity index (χ2v) is 19.6. The van der Waals surface area contributed by atoms with Crippen molar-refractivity contribution in [1.29, 1.82) is 0 Å². The molecule has 2 aromatic carbocycles. The SMILES string of the molecule is COC(C)(C)C(F)(F)F.COC(C)(C)C(F)(F)F.FC(F)F.O=C(NCc1nc2ccc(CN3CC(C(F)(F)F)NC3=O)cc2[nH]1)c1nonc1C1CC1.O=C(NCc1nc2ccc(CN3C[CH-]NC3=O)cc2[nH]1)c1nonc1C1CC1.[Re]. The molecule has 10 rings (SSSR count). The maximum absolute atomic E-state index is 12.8. The van der Waals surface area contributed by atoms with Crippen LogP contribution in [0.1, 0.15) is 120 Å². The first-order valence-electron chi connectivity index (χ1n) is 24.6. The molecule has 2 aliphatic heterocycles. The van der Waals surface area contributed by atoms with Gasteiger partial charge in [-0.05, 0) is 99.1 Å². The number of aromatic nitrogens is 8. The number of rotatable bonds is 14. The van der Waals surface area contributed by atoms with Crippen LogP contribution in [-0.4, -0.2) is 144 Å². The molecule has 2 saturated heterocycles. The van der Waals surface area contributed by atoms with Gasteiger partial charge in [0.15, 0.2) is 22.6 Å². The average molecular weight is 1370 g/mol. The molecule has 1 radical (unpaired) electrons. The fourth-order valence-corrected chi connectivity index (χ4v) is 7.17. The van der Waals surface area contributed by atoms with Gasteiger partial charge in [0.1, 0.15) is 29.1 Å². The van der Waals surface area contributed by atoms with Gasteiger partial charge in [-0.25, -0.2) is 30.6 Å². The Hall–Kier alpha value is -7.12. The topological polar surface area (TPSA) is 277 Å². The number of benzene rings is 2. The van der Waals surface area contributed by atoms with Gasteiger partial charge in [0.05, 0.1) is 41.7 Å². The molecule has 457 valence electrons. The zero-order chi connectivity index (χ0) is 60.5. The van der Waals surface area contributed by atoms with E-state index in [1.807, 2.05) is 23.5 Å². The van der Waals surface area contributed by atoms with Crippen LogP contribution in [0.25, 0.3) is 22.1 Å². The standard InChI is InChI=1S/C19H18F3N7O3.C18H18N7O3.2C5H9F3O.CHF3.Re/c20-19(21,22)13-8-29(18(31)26-13)7-9-1-4-11-12(5-9)25-14(24-11)6-23-17(30)16-15(10-2-3-10)27-32-28-16;26-17(16-15(11-2-3-11)23-28-24-16)20-8-14-21-12-4-1-10(7-13(12)22-14)9-25-6-5-19-18(25)27;2*1-4(2,9-3)5(6,7)8;2-1(3)4;/h1,4-5,10,13H,2-3,6-8H2,(H,23,30)(H,24,25)(H,26,31);1,4-5,7,11H,2-3,6,8-9H2,(H,19,27)(H,20,26)(H,21,22);2*1-3H3;1H;/q;-1;;;;. The second kappa shape index (κ2) is 27.5. The zero-order valence-corrected chi connectivity index (χ0v) is 47.4. The van der Waals surface area contributed by atoms with Gasteiger partial charge in [0.2, 0.25) is 0 Å². The first kappa shape index (κ1) is 66.7. The smallest absolute Gasteiger partial charge is 0.416 e. The quantitative estimate of drug-likeness (QED) is 0.0439. The van der Waals surface area contributed by atoms with Crippen LogP contribution in [0.2, 0.25) is 0 Å². The summed E-state index contributed by atoms with van der Waals surface area (Å²) in [5, 5.41) is 25.2. The Morgan fingerprint density at radius 3 is 1.41 bits per heavy atom. The molecular formula is C48H55F12N14O8Re-. The van der Waals surface area contributed by atoms with Gasteiger partial charge in [0.25, 0.3) is 17.8 Å². The number of nitrogens with one attached hydrogen (secondary N) is 6. The number of ether oxygens (including phenoxy) is 2. The minimum Gasteiger partial charge on any atom is -0.486 e. The summed E-state index contributed by atoms with van der Waals surface area (Å²) >= 11 is 0. The van der Waals surface area contributed by atoms with Crippen LogP contribution < -0.4 is 21.3 Å². The predicted octanol–water partition coefficient (Wildman–Crippen LogP) is 8.77. The molecule has 22 nitrogen and oxygen atoms in total. The summed E-state index contributed by atoms with van der Waals surface area (Å²) in [7, 11) is 2.07. The van der Waals surface area contributed by atoms with Gasteiger partial charge in [0, 0.05) is 59.6 Å². The Morgan fingerprint density at radius 2 is 1.08 bits per heavy atom. The third-order valence-corrected chi connectivity index (χ3v) is 12.7. The maximum atomic E-state index is 12.8. The van der Waals surface area contributed by atoms with Crippen LogP contribution in [0.15, 0.2) is 45.7 Å². The summed E-state index contributed by atoms with van der Waals surface area (Å²) in [5.41, 5.74) is 2.15. The number of methoxy groups -OCH3 is 2. The molecule has 6 aromatic rings. The van der Waals surface area contributed by atoms with Crippen LogP contribution in [0.3, 0.4) is 0 Å². The molecule has 35 heteroatoms. The van der Waals surface area contributed by atoms with Crippen molar-refractivity contribution in [2.75, 3.05) is 27.3 Å². The third-order valence-electron chi connectivity index (χ3n) is 12.7. The van der Waals surface area contributed by atoms with Crippen molar-refractivity contribution in [3.05, 3.63) is 88.5 Å². The summed E-state index contributed by atoms with van der Waals surface area (Å²) in [6.45, 7) is 3.02. The van der Waals surface area contributed by atoms with Crippen LogP contribution >= 0.6 is 0 Å². The van der Waals surface area contributed by atoms with Crippen LogP contribution in [0.4, 0.5) is 62.3 Å². The van der Waals surface area contributed by atoms with Gasteiger partial charge in [-0.15, -0.1) is 0 Å². The van der Waals surface area contributed by atoms with Gasteiger partial charge in [-0.3, -0.25) is 14.4 Å². The molecule has 6 amide bonds. The Balaban J connectivity index is 0.000000224. The van der Waals surface area contributed by atoms with Crippen molar-refractivity contribution >= 4 is 45.9 Å². The number of amides is 6. The fourth-order valence-electron chi connectivity index (χ4n) is 7.17. The van der Waals surface area contributed by atoms with Gasteiger partial charge >= 0.3 is 31.2 Å². The molecule has 2 saturated carbocycles. The van der Waals surface area contributed by atoms with Crippen molar-refractivity contribution in [1.82, 2.24) is 71.6 Å². The summed E-state index contributed by atoms with van der Waals surface area (Å²) in [4.78, 5) is 66.3. The number of hydrogen-bond acceptors (Lipinski definition) is 14. The fraction of sp³-hybridized carbons (Fsp3) is 0.521. The molecule has 2 aliphatic carbocycles. The van der Waals surface area contributed by atoms with Crippen LogP contribution in [0, 0.1) is 6.54 Å². The molecule has 4 aliphatic rings. The van der Waals surface area contributed by atoms with Gasteiger partial charge in [-0.1, -0.05) is 29.0 Å². The van der Waals surface area contributed by atoms with E-state index in [1.165, 1.54) is 0 Å². The van der Waals surface area contributed by atoms with Crippen molar-refractivity contribution in [2.24, 2.45) is 0 Å². The van der Waals surface area contributed by atoms with E-state index in [0.29, 0.717) is 52.7 Å². The predicted molar refractivity (Wildman–Crippen MR) is 260 cm³/mol. The maximum Gasteiger partial charge on any atom is 0.416 e. The van der Waals surface area contributed by atoms with Crippen molar-refractivity contribution in [2.45, 2.75) is 134 Å². The van der Waals surface area contributed by atoms with Crippen molar-refractivity contribution in [3.8, 4) is 0 Å². The first-order valence-corrected chi connectivity index (χ1v) is 24.6. The van der Waals surface area contributed by atoms with E-state index in [2.05, 4.69) is 70.6 Å². The minimum absolute atomic E-state index is 0. The number of fused-ring (bicyclic) bond motifs is 2. The minimum atomic E-state index is -4.49. The number of urea groups is 2. The molecule has 6 N–H and O–H groups in total. The van der Waals surface area contributed by atoms with E-state index in [-0.39, 0.29) is 75.2 Å². The number of carbonyl (C=O) groups excluding carboxylic acids is 4. The number of alkyl halides is 12. The molecule has 1 atom stereocenters. The molecule has 6 heterocycles. The zero-order valence-electron chi connectivity index (χ0n) is 44.7. The molecular weight excluding hydrogens is 1310 g/mol. The summed E-state index contributed by atoms with van der Waals surface area (Å²) in [6.07, 6.45) is -9.11. The number of imidazole rings is 2. The molecule has 0 spiro atoms. The van der Waals surface area contributed by atoms with Gasteiger partial charge < -0.3 is 50.5 Å². The summed E-state index contributed by atoms with van der Waals surface area (Å²) in [5.74, 6) is 0.903. The largest absolute Gasteiger partial charge is 0.486 e. The van der Waals surface area contributed by atoms with E-state index >= 15 is 0 Å². The second-order valence-electron chi connectivity index (χ2n) is 19.6. The molecule has 0 bridgehead atoms. The Morgan fingerprint density at radius 1 is 0.675 bits per heavy atom. The first-order chi connectivity index (χ1) is 38.3. The molecule has 4 aromatic heterocycles. The van der Waals surface area contributed by atoms with E-state index in [1.54, 1.807) is 29.6 Å². The van der Waals surface area contributed by atoms with E-state index in [4.69, 9.17) is 4.63 Å². The number of hydrogen-bond donors (Lipinski definition) is 6. The van der Waals surface area contributed by atoms with E-state index < -0.39 is 60.9 Å². The molecule has 1 unspecified atom stereocenters. The summed E-state index contributed by atoms with van der Waals surface area (Å²) < 4.78 is 156. The van der Waals surface area contributed by atoms with E-state index in [9.17, 15) is 71.9 Å². The van der Waals surface area contributed by atoms with Crippen molar-refractivity contribution in [3.63, 3.8) is 0 Å². The van der Waals surface area contributed by atoms with Crippen molar-refractivity contribution < 1.29 is 111 Å². The average Bonchev–Trinajstić information content (AvgIpc) is 4.22. The van der Waals surface area contributed by atoms with Crippen LogP contribution in [-0.2, 0) is 56.1 Å². The monoisotopic (exact) mass is 1370 g/mol. The third kappa shape index (κ3) is 18.4. The number of H-pyrrole nitrogens is 2. The van der Waals surface area contributed by atoms with Gasteiger partial charge in [-0.2, -0.15) is 52.7 Å². The Labute approximate surface area is 476 Å².